The molecule has 0 aromatic heterocycles. The van der Waals surface area contributed by atoms with Crippen molar-refractivity contribution in [2.24, 2.45) is 17.3 Å². The highest BCUT2D eigenvalue weighted by Crippen LogP contribution is 2.30. The number of likely N-dealkylation sites (tertiary alicyclic amines) is 1. The third kappa shape index (κ3) is 4.15. The monoisotopic (exact) mass is 258 g/mol. The van der Waals surface area contributed by atoms with Crippen LogP contribution in [0.15, 0.2) is 0 Å². The summed E-state index contributed by atoms with van der Waals surface area (Å²) in [6.45, 7) is 13.0. The zero-order valence-electron chi connectivity index (χ0n) is 12.4. The molecule has 0 aromatic rings. The topological polar surface area (TPSA) is 6.48 Å². The molecule has 0 radical (unpaired) electrons. The Hall–Kier alpha value is 0.270. The lowest BCUT2D eigenvalue weighted by Crippen LogP contribution is -2.38. The van der Waals surface area contributed by atoms with E-state index in [2.05, 4.69) is 64.2 Å². The van der Waals surface area contributed by atoms with Gasteiger partial charge in [-0.3, -0.25) is 0 Å². The molecule has 1 aliphatic rings. The molecule has 1 heterocycles. The number of nitrogens with zero attached hydrogens (tertiary/aromatic N) is 2. The smallest absolute Gasteiger partial charge is 0.0254 e. The first-order valence-electron chi connectivity index (χ1n) is 6.75. The molecule has 0 N–H and O–H groups in total. The molecule has 1 rings (SSSR count). The first-order chi connectivity index (χ1) is 7.75. The van der Waals surface area contributed by atoms with Crippen LogP contribution in [0.2, 0.25) is 0 Å². The average molecular weight is 258 g/mol. The summed E-state index contributed by atoms with van der Waals surface area (Å²) in [7, 11) is 4.40. The Labute approximate surface area is 113 Å². The normalized spacial score (nSPS) is 28.9. The fraction of sp³-hybridized carbons (Fsp3) is 1.00. The molecule has 1 saturated heterocycles. The van der Waals surface area contributed by atoms with Crippen molar-refractivity contribution in [1.82, 2.24) is 9.80 Å². The molecule has 0 bridgehead atoms. The Morgan fingerprint density at radius 1 is 1.29 bits per heavy atom. The maximum absolute atomic E-state index is 4.53. The molecule has 0 amide bonds. The van der Waals surface area contributed by atoms with Crippen molar-refractivity contribution in [3.05, 3.63) is 0 Å². The largest absolute Gasteiger partial charge is 0.305 e. The highest BCUT2D eigenvalue weighted by atomic mass is 32.1. The SMILES string of the molecule is CC1CN(CC(CS)C(C)(C)C)CC1N(C)C. The van der Waals surface area contributed by atoms with Gasteiger partial charge in [-0.25, -0.2) is 0 Å². The van der Waals surface area contributed by atoms with E-state index in [0.717, 1.165) is 17.7 Å². The molecule has 1 aliphatic heterocycles. The van der Waals surface area contributed by atoms with Crippen molar-refractivity contribution < 1.29 is 0 Å². The lowest BCUT2D eigenvalue weighted by molar-refractivity contribution is 0.177. The van der Waals surface area contributed by atoms with Gasteiger partial charge >= 0.3 is 0 Å². The van der Waals surface area contributed by atoms with E-state index < -0.39 is 0 Å². The molecule has 0 saturated carbocycles. The van der Waals surface area contributed by atoms with Gasteiger partial charge < -0.3 is 9.80 Å². The maximum atomic E-state index is 4.53. The predicted octanol–water partition coefficient (Wildman–Crippen LogP) is 2.46. The van der Waals surface area contributed by atoms with Crippen LogP contribution in [0.5, 0.6) is 0 Å². The Morgan fingerprint density at radius 3 is 2.24 bits per heavy atom. The van der Waals surface area contributed by atoms with Crippen LogP contribution in [-0.2, 0) is 0 Å². The summed E-state index contributed by atoms with van der Waals surface area (Å²) in [5.74, 6) is 2.45. The second-order valence-corrected chi connectivity index (χ2v) is 7.34. The van der Waals surface area contributed by atoms with E-state index in [1.54, 1.807) is 0 Å². The van der Waals surface area contributed by atoms with Crippen LogP contribution in [0.1, 0.15) is 27.7 Å². The second kappa shape index (κ2) is 5.94. The molecular weight excluding hydrogens is 228 g/mol. The highest BCUT2D eigenvalue weighted by molar-refractivity contribution is 7.80. The minimum absolute atomic E-state index is 0.362. The summed E-state index contributed by atoms with van der Waals surface area (Å²) in [5.41, 5.74) is 0.362. The fourth-order valence-corrected chi connectivity index (χ4v) is 3.45. The van der Waals surface area contributed by atoms with Gasteiger partial charge in [-0.1, -0.05) is 27.7 Å². The number of thiol groups is 1. The van der Waals surface area contributed by atoms with Crippen LogP contribution < -0.4 is 0 Å². The number of rotatable bonds is 4. The van der Waals surface area contributed by atoms with Crippen LogP contribution in [0.3, 0.4) is 0 Å². The maximum Gasteiger partial charge on any atom is 0.0254 e. The van der Waals surface area contributed by atoms with E-state index in [-0.39, 0.29) is 0 Å². The van der Waals surface area contributed by atoms with E-state index in [4.69, 9.17) is 0 Å². The van der Waals surface area contributed by atoms with E-state index in [1.807, 2.05) is 0 Å². The number of hydrogen-bond donors (Lipinski definition) is 1. The molecule has 1 fully saturated rings. The van der Waals surface area contributed by atoms with Crippen LogP contribution in [0.4, 0.5) is 0 Å². The molecule has 17 heavy (non-hydrogen) atoms. The van der Waals surface area contributed by atoms with E-state index in [0.29, 0.717) is 11.3 Å². The van der Waals surface area contributed by atoms with Gasteiger partial charge in [0.2, 0.25) is 0 Å². The zero-order valence-corrected chi connectivity index (χ0v) is 13.3. The Morgan fingerprint density at radius 2 is 1.88 bits per heavy atom. The van der Waals surface area contributed by atoms with Gasteiger partial charge in [-0.15, -0.1) is 0 Å². The fourth-order valence-electron chi connectivity index (χ4n) is 2.79. The number of likely N-dealkylation sites (N-methyl/N-ethyl adjacent to an activating group) is 1. The highest BCUT2D eigenvalue weighted by Gasteiger charge is 2.34. The van der Waals surface area contributed by atoms with Gasteiger partial charge in [-0.05, 0) is 37.1 Å². The second-order valence-electron chi connectivity index (χ2n) is 6.97. The summed E-state index contributed by atoms with van der Waals surface area (Å²) < 4.78 is 0. The molecule has 0 aliphatic carbocycles. The Kier molecular flexibility index (Phi) is 5.36. The third-order valence-corrected chi connectivity index (χ3v) is 4.68. The van der Waals surface area contributed by atoms with Gasteiger partial charge in [0, 0.05) is 25.7 Å². The van der Waals surface area contributed by atoms with Crippen LogP contribution in [-0.4, -0.2) is 55.3 Å². The molecule has 102 valence electrons. The minimum atomic E-state index is 0.362. The predicted molar refractivity (Wildman–Crippen MR) is 79.9 cm³/mol. The summed E-state index contributed by atoms with van der Waals surface area (Å²) in [5, 5.41) is 0. The third-order valence-electron chi connectivity index (χ3n) is 4.24. The van der Waals surface area contributed by atoms with Crippen molar-refractivity contribution >= 4 is 12.6 Å². The Balaban J connectivity index is 2.54. The van der Waals surface area contributed by atoms with Crippen molar-refractivity contribution in [2.45, 2.75) is 33.7 Å². The standard InChI is InChI=1S/C14H30N2S/c1-11-7-16(9-13(11)15(5)6)8-12(10-17)14(2,3)4/h11-13,17H,7-10H2,1-6H3. The first kappa shape index (κ1) is 15.3. The van der Waals surface area contributed by atoms with Crippen molar-refractivity contribution in [3.8, 4) is 0 Å². The molecule has 3 unspecified atom stereocenters. The molecule has 0 aromatic carbocycles. The number of hydrogen-bond acceptors (Lipinski definition) is 3. The molecule has 3 heteroatoms. The van der Waals surface area contributed by atoms with Crippen molar-refractivity contribution in [1.29, 1.82) is 0 Å². The van der Waals surface area contributed by atoms with Crippen LogP contribution in [0.25, 0.3) is 0 Å². The van der Waals surface area contributed by atoms with Crippen molar-refractivity contribution in [2.75, 3.05) is 39.5 Å². The average Bonchev–Trinajstić information content (AvgIpc) is 2.54. The summed E-state index contributed by atoms with van der Waals surface area (Å²) in [6.07, 6.45) is 0. The summed E-state index contributed by atoms with van der Waals surface area (Å²) in [4.78, 5) is 5.00. The molecular formula is C14H30N2S. The lowest BCUT2D eigenvalue weighted by atomic mass is 9.81. The lowest BCUT2D eigenvalue weighted by Gasteiger charge is -2.33. The van der Waals surface area contributed by atoms with Gasteiger partial charge in [0.05, 0.1) is 0 Å². The van der Waals surface area contributed by atoms with E-state index >= 15 is 0 Å². The van der Waals surface area contributed by atoms with E-state index in [1.165, 1.54) is 19.6 Å². The molecule has 2 nitrogen and oxygen atoms in total. The summed E-state index contributed by atoms with van der Waals surface area (Å²) >= 11 is 4.53. The van der Waals surface area contributed by atoms with Crippen LogP contribution >= 0.6 is 12.6 Å². The van der Waals surface area contributed by atoms with Crippen LogP contribution in [0, 0.1) is 17.3 Å². The summed E-state index contributed by atoms with van der Waals surface area (Å²) in [6, 6.07) is 0.718. The molecule has 0 spiro atoms. The first-order valence-corrected chi connectivity index (χ1v) is 7.38. The van der Waals surface area contributed by atoms with E-state index in [9.17, 15) is 0 Å². The van der Waals surface area contributed by atoms with Gasteiger partial charge in [0.15, 0.2) is 0 Å². The zero-order chi connectivity index (χ0) is 13.2. The minimum Gasteiger partial charge on any atom is -0.305 e. The quantitative estimate of drug-likeness (QED) is 0.774. The van der Waals surface area contributed by atoms with Gasteiger partial charge in [0.1, 0.15) is 0 Å². The Bertz CT molecular complexity index is 235. The van der Waals surface area contributed by atoms with Gasteiger partial charge in [-0.2, -0.15) is 12.6 Å². The van der Waals surface area contributed by atoms with Crippen molar-refractivity contribution in [3.63, 3.8) is 0 Å². The molecule has 3 atom stereocenters. The van der Waals surface area contributed by atoms with Gasteiger partial charge in [0.25, 0.3) is 0 Å².